The molecule has 0 heterocycles. The van der Waals surface area contributed by atoms with Gasteiger partial charge in [-0.15, -0.1) is 0 Å². The van der Waals surface area contributed by atoms with Gasteiger partial charge in [-0.25, -0.2) is 4.79 Å². The molecule has 0 fully saturated rings. The maximum Gasteiger partial charge on any atom is 0.407 e. The van der Waals surface area contributed by atoms with Crippen molar-refractivity contribution in [3.05, 3.63) is 0 Å². The van der Waals surface area contributed by atoms with E-state index in [-0.39, 0.29) is 24.4 Å². The number of hydrogen-bond acceptors (Lipinski definition) is 3. The van der Waals surface area contributed by atoms with Crippen molar-refractivity contribution < 1.29 is 19.7 Å². The Labute approximate surface area is 104 Å². The van der Waals surface area contributed by atoms with Gasteiger partial charge in [-0.1, -0.05) is 0 Å². The van der Waals surface area contributed by atoms with Gasteiger partial charge in [-0.05, 0) is 41.5 Å². The Morgan fingerprint density at radius 2 is 1.47 bits per heavy atom. The van der Waals surface area contributed by atoms with Crippen molar-refractivity contribution in [2.24, 2.45) is 0 Å². The van der Waals surface area contributed by atoms with Crippen LogP contribution in [0.4, 0.5) is 4.79 Å². The molecule has 0 aliphatic rings. The van der Waals surface area contributed by atoms with Gasteiger partial charge in [0.1, 0.15) is 0 Å². The van der Waals surface area contributed by atoms with Crippen molar-refractivity contribution in [3.63, 3.8) is 0 Å². The molecule has 0 bridgehead atoms. The third kappa shape index (κ3) is 17.8. The van der Waals surface area contributed by atoms with E-state index in [1.807, 2.05) is 0 Å². The molecular weight excluding hydrogens is 222 g/mol. The Morgan fingerprint density at radius 3 is 1.53 bits per heavy atom. The number of amides is 1. The summed E-state index contributed by atoms with van der Waals surface area (Å²) in [4.78, 5) is 10.9. The van der Waals surface area contributed by atoms with Gasteiger partial charge < -0.3 is 19.8 Å². The van der Waals surface area contributed by atoms with E-state index in [0.717, 1.165) is 4.90 Å². The normalized spacial score (nSPS) is 11.5. The van der Waals surface area contributed by atoms with Gasteiger partial charge in [0, 0.05) is 13.6 Å². The van der Waals surface area contributed by atoms with Crippen LogP contribution in [0.1, 0.15) is 41.5 Å². The third-order valence-corrected chi connectivity index (χ3v) is 1.37. The fourth-order valence-corrected chi connectivity index (χ4v) is 1.16. The zero-order valence-electron chi connectivity index (χ0n) is 12.1. The number of hydrogen-bond donors (Lipinski definition) is 2. The highest BCUT2D eigenvalue weighted by Gasteiger charge is 2.19. The van der Waals surface area contributed by atoms with Crippen LogP contribution in [0.25, 0.3) is 0 Å². The molecule has 0 saturated heterocycles. The maximum absolute atomic E-state index is 9.90. The molecular formula is C12H27NO4. The summed E-state index contributed by atoms with van der Waals surface area (Å²) in [5, 5.41) is 16.3. The van der Waals surface area contributed by atoms with Gasteiger partial charge in [0.15, 0.2) is 0 Å². The molecule has 0 rings (SSSR count). The number of carboxylic acid groups (broad SMARTS) is 1. The lowest BCUT2D eigenvalue weighted by atomic mass is 10.1. The van der Waals surface area contributed by atoms with E-state index in [4.69, 9.17) is 14.9 Å². The highest BCUT2D eigenvalue weighted by Crippen LogP contribution is 2.17. The summed E-state index contributed by atoms with van der Waals surface area (Å²) < 4.78 is 5.62. The largest absolute Gasteiger partial charge is 0.465 e. The molecule has 5 heteroatoms. The molecule has 0 aromatic carbocycles. The zero-order valence-corrected chi connectivity index (χ0v) is 12.1. The molecule has 0 aliphatic heterocycles. The van der Waals surface area contributed by atoms with Crippen LogP contribution >= 0.6 is 0 Å². The Kier molecular flexibility index (Phi) is 8.19. The molecule has 0 aromatic rings. The number of likely N-dealkylation sites (N-methyl/N-ethyl adjacent to an activating group) is 1. The number of rotatable bonds is 2. The van der Waals surface area contributed by atoms with Crippen molar-refractivity contribution >= 4 is 6.09 Å². The summed E-state index contributed by atoms with van der Waals surface area (Å²) in [5.41, 5.74) is -0.0312. The SMILES string of the molecule is CC(C)(C)OC(C)(C)C.CN(CCO)C(=O)O. The summed E-state index contributed by atoms with van der Waals surface area (Å²) in [7, 11) is 1.40. The average Bonchev–Trinajstić information content (AvgIpc) is 1.98. The van der Waals surface area contributed by atoms with Crippen LogP contribution in [-0.2, 0) is 4.74 Å². The first kappa shape index (κ1) is 18.6. The molecule has 0 spiro atoms. The van der Waals surface area contributed by atoms with Crippen molar-refractivity contribution in [1.29, 1.82) is 0 Å². The van der Waals surface area contributed by atoms with Gasteiger partial charge in [0.25, 0.3) is 0 Å². The van der Waals surface area contributed by atoms with Gasteiger partial charge in [0.05, 0.1) is 17.8 Å². The maximum atomic E-state index is 9.90. The van der Waals surface area contributed by atoms with E-state index in [1.165, 1.54) is 7.05 Å². The molecule has 104 valence electrons. The smallest absolute Gasteiger partial charge is 0.407 e. The van der Waals surface area contributed by atoms with Gasteiger partial charge in [-0.2, -0.15) is 0 Å². The van der Waals surface area contributed by atoms with Crippen LogP contribution in [0.2, 0.25) is 0 Å². The number of nitrogens with zero attached hydrogens (tertiary/aromatic N) is 1. The van der Waals surface area contributed by atoms with E-state index in [0.29, 0.717) is 0 Å². The molecule has 2 N–H and O–H groups in total. The lowest BCUT2D eigenvalue weighted by Crippen LogP contribution is -2.31. The number of ether oxygens (including phenoxy) is 1. The molecule has 1 amide bonds. The second-order valence-electron chi connectivity index (χ2n) is 5.75. The van der Waals surface area contributed by atoms with Crippen LogP contribution in [0.5, 0.6) is 0 Å². The fourth-order valence-electron chi connectivity index (χ4n) is 1.16. The highest BCUT2D eigenvalue weighted by atomic mass is 16.5. The lowest BCUT2D eigenvalue weighted by Gasteiger charge is -2.30. The minimum atomic E-state index is -1.01. The third-order valence-electron chi connectivity index (χ3n) is 1.37. The summed E-state index contributed by atoms with van der Waals surface area (Å²) in [6.45, 7) is 12.5. The first-order valence-electron chi connectivity index (χ1n) is 5.64. The van der Waals surface area contributed by atoms with Crippen LogP contribution < -0.4 is 0 Å². The van der Waals surface area contributed by atoms with Crippen LogP contribution in [-0.4, -0.2) is 52.6 Å². The highest BCUT2D eigenvalue weighted by molar-refractivity contribution is 5.64. The first-order chi connectivity index (χ1) is 7.39. The molecule has 0 atom stereocenters. The fraction of sp³-hybridized carbons (Fsp3) is 0.917. The van der Waals surface area contributed by atoms with E-state index in [9.17, 15) is 4.79 Å². The summed E-state index contributed by atoms with van der Waals surface area (Å²) in [6.07, 6.45) is -1.01. The Balaban J connectivity index is 0. The van der Waals surface area contributed by atoms with Gasteiger partial charge >= 0.3 is 6.09 Å². The number of aliphatic hydroxyl groups is 1. The zero-order chi connectivity index (χ0) is 14.3. The molecule has 0 aromatic heterocycles. The molecule has 0 aliphatic carbocycles. The van der Waals surface area contributed by atoms with Crippen molar-refractivity contribution in [2.75, 3.05) is 20.2 Å². The Bertz CT molecular complexity index is 204. The quantitative estimate of drug-likeness (QED) is 0.787. The average molecular weight is 249 g/mol. The van der Waals surface area contributed by atoms with Gasteiger partial charge in [0.2, 0.25) is 0 Å². The van der Waals surface area contributed by atoms with Crippen molar-refractivity contribution in [1.82, 2.24) is 4.90 Å². The Morgan fingerprint density at radius 1 is 1.12 bits per heavy atom. The minimum absolute atomic E-state index is 0.0156. The second kappa shape index (κ2) is 7.50. The standard InChI is InChI=1S/C8H18O.C4H9NO3/c1-7(2,3)9-8(4,5)6;1-5(2-3-6)4(7)8/h1-6H3;6H,2-3H2,1H3,(H,7,8). The van der Waals surface area contributed by atoms with Crippen molar-refractivity contribution in [3.8, 4) is 0 Å². The minimum Gasteiger partial charge on any atom is -0.465 e. The van der Waals surface area contributed by atoms with E-state index in [1.54, 1.807) is 0 Å². The first-order valence-corrected chi connectivity index (χ1v) is 5.64. The van der Waals surface area contributed by atoms with Crippen LogP contribution in [0.3, 0.4) is 0 Å². The lowest BCUT2D eigenvalue weighted by molar-refractivity contribution is -0.102. The summed E-state index contributed by atoms with van der Waals surface area (Å²) in [5.74, 6) is 0. The van der Waals surface area contributed by atoms with E-state index < -0.39 is 6.09 Å². The molecule has 0 radical (unpaired) electrons. The van der Waals surface area contributed by atoms with Crippen LogP contribution in [0.15, 0.2) is 0 Å². The number of carbonyl (C=O) groups is 1. The van der Waals surface area contributed by atoms with E-state index in [2.05, 4.69) is 41.5 Å². The summed E-state index contributed by atoms with van der Waals surface area (Å²) in [6, 6.07) is 0. The van der Waals surface area contributed by atoms with Gasteiger partial charge in [-0.3, -0.25) is 0 Å². The summed E-state index contributed by atoms with van der Waals surface area (Å²) >= 11 is 0. The van der Waals surface area contributed by atoms with Crippen molar-refractivity contribution in [2.45, 2.75) is 52.7 Å². The molecule has 0 unspecified atom stereocenters. The monoisotopic (exact) mass is 249 g/mol. The topological polar surface area (TPSA) is 70.0 Å². The van der Waals surface area contributed by atoms with E-state index >= 15 is 0 Å². The van der Waals surface area contributed by atoms with Crippen LogP contribution in [0, 0.1) is 0 Å². The predicted octanol–water partition coefficient (Wildman–Crippen LogP) is 2.19. The predicted molar refractivity (Wildman–Crippen MR) is 68.3 cm³/mol. The molecule has 17 heavy (non-hydrogen) atoms. The second-order valence-corrected chi connectivity index (χ2v) is 5.75. The number of aliphatic hydroxyl groups excluding tert-OH is 1. The molecule has 5 nitrogen and oxygen atoms in total. The molecule has 0 saturated carbocycles. The Hall–Kier alpha value is -0.810.